The summed E-state index contributed by atoms with van der Waals surface area (Å²) in [5, 5.41) is 0. The van der Waals surface area contributed by atoms with Crippen molar-refractivity contribution in [2.24, 2.45) is 22.7 Å². The monoisotopic (exact) mass is 828 g/mol. The fourth-order valence-corrected chi connectivity index (χ4v) is 13.7. The zero-order valence-electron chi connectivity index (χ0n) is 37.0. The molecule has 2 saturated carbocycles. The summed E-state index contributed by atoms with van der Waals surface area (Å²) < 4.78 is 36.6. The van der Waals surface area contributed by atoms with Crippen molar-refractivity contribution in [3.63, 3.8) is 0 Å². The number of hydrogen-bond acceptors (Lipinski definition) is 6. The molecule has 0 amide bonds. The normalized spacial score (nSPS) is 28.6. The summed E-state index contributed by atoms with van der Waals surface area (Å²) in [6, 6.07) is 28.1. The molecule has 6 nitrogen and oxygen atoms in total. The molecule has 0 spiro atoms. The number of carbonyl (C=O) groups excluding carboxylic acids is 2. The van der Waals surface area contributed by atoms with Gasteiger partial charge in [0.05, 0.1) is 5.41 Å². The van der Waals surface area contributed by atoms with Crippen LogP contribution < -0.4 is 4.18 Å². The van der Waals surface area contributed by atoms with Gasteiger partial charge < -0.3 is 8.37 Å². The predicted molar refractivity (Wildman–Crippen MR) is 239 cm³/mol. The molecular weight excluding hydrogens is 765 g/mol. The minimum absolute atomic E-state index is 0.102. The van der Waals surface area contributed by atoms with Crippen LogP contribution in [0.1, 0.15) is 173 Å². The molecular formula is C53H64O6S. The zero-order valence-corrected chi connectivity index (χ0v) is 37.8. The van der Waals surface area contributed by atoms with Gasteiger partial charge in [-0.2, -0.15) is 0 Å². The van der Waals surface area contributed by atoms with Gasteiger partial charge in [0.25, 0.3) is 0 Å². The van der Waals surface area contributed by atoms with Crippen LogP contribution in [0, 0.1) is 22.7 Å². The van der Waals surface area contributed by atoms with Crippen LogP contribution in [0.3, 0.4) is 0 Å². The number of para-hydroxylation sites is 1. The Morgan fingerprint density at radius 3 is 1.62 bits per heavy atom. The summed E-state index contributed by atoms with van der Waals surface area (Å²) in [6.45, 7) is 18.1. The Morgan fingerprint density at radius 1 is 0.650 bits per heavy atom. The Balaban J connectivity index is 1.15. The number of Topliss-reactive ketones (excluding diaryl/α,β-unsaturated/α-hetero) is 1. The molecule has 4 aliphatic carbocycles. The third-order valence-electron chi connectivity index (χ3n) is 16.0. The van der Waals surface area contributed by atoms with Gasteiger partial charge in [0.15, 0.2) is 5.78 Å². The molecule has 0 saturated heterocycles. The van der Waals surface area contributed by atoms with Crippen LogP contribution in [-0.2, 0) is 49.5 Å². The Morgan fingerprint density at radius 2 is 1.12 bits per heavy atom. The Hall–Kier alpha value is -4.23. The van der Waals surface area contributed by atoms with Crippen molar-refractivity contribution in [2.45, 2.75) is 149 Å². The van der Waals surface area contributed by atoms with E-state index in [2.05, 4.69) is 72.7 Å². The van der Waals surface area contributed by atoms with Crippen molar-refractivity contribution < 1.29 is 26.4 Å². The van der Waals surface area contributed by atoms with Crippen LogP contribution in [0.15, 0.2) is 84.9 Å². The first kappa shape index (κ1) is 42.5. The first-order valence-corrected chi connectivity index (χ1v) is 23.9. The van der Waals surface area contributed by atoms with E-state index in [-0.39, 0.29) is 34.2 Å². The van der Waals surface area contributed by atoms with Crippen molar-refractivity contribution in [1.82, 2.24) is 0 Å². The fourth-order valence-electron chi connectivity index (χ4n) is 13.0. The van der Waals surface area contributed by atoms with E-state index in [1.165, 1.54) is 56.6 Å². The summed E-state index contributed by atoms with van der Waals surface area (Å²) in [4.78, 5) is 28.5. The van der Waals surface area contributed by atoms with Crippen molar-refractivity contribution in [3.05, 3.63) is 135 Å². The van der Waals surface area contributed by atoms with Gasteiger partial charge >= 0.3 is 16.4 Å². The number of hydrogen-bond donors (Lipinski definition) is 0. The number of benzene rings is 4. The molecule has 4 aromatic carbocycles. The zero-order chi connectivity index (χ0) is 42.8. The maximum Gasteiger partial charge on any atom is 0.503 e. The van der Waals surface area contributed by atoms with Crippen molar-refractivity contribution in [2.75, 3.05) is 0 Å². The Bertz CT molecular complexity index is 2400. The van der Waals surface area contributed by atoms with E-state index in [9.17, 15) is 18.0 Å². The van der Waals surface area contributed by atoms with Gasteiger partial charge in [-0.15, -0.1) is 8.42 Å². The van der Waals surface area contributed by atoms with Gasteiger partial charge in [0.2, 0.25) is 0 Å². The van der Waals surface area contributed by atoms with E-state index in [0.717, 1.165) is 69.8 Å². The minimum atomic E-state index is -4.62. The highest BCUT2D eigenvalue weighted by atomic mass is 32.3. The van der Waals surface area contributed by atoms with Crippen molar-refractivity contribution >= 4 is 22.2 Å². The molecule has 0 heterocycles. The van der Waals surface area contributed by atoms with Gasteiger partial charge in [-0.3, -0.25) is 9.59 Å². The smallest absolute Gasteiger partial charge is 0.353 e. The van der Waals surface area contributed by atoms with Gasteiger partial charge in [0.1, 0.15) is 5.75 Å². The van der Waals surface area contributed by atoms with E-state index in [4.69, 9.17) is 8.37 Å². The van der Waals surface area contributed by atoms with Crippen molar-refractivity contribution in [3.8, 4) is 5.75 Å². The van der Waals surface area contributed by atoms with Gasteiger partial charge in [-0.25, -0.2) is 0 Å². The molecule has 0 aromatic heterocycles. The number of rotatable bonds is 10. The number of aryl methyl sites for hydroxylation is 2. The van der Waals surface area contributed by atoms with Crippen LogP contribution in [0.25, 0.3) is 0 Å². The molecule has 4 aliphatic rings. The summed E-state index contributed by atoms with van der Waals surface area (Å²) in [5.74, 6) is 0.489. The average Bonchev–Trinajstić information content (AvgIpc) is 3.20. The molecule has 318 valence electrons. The highest BCUT2D eigenvalue weighted by molar-refractivity contribution is 7.82. The second-order valence-electron chi connectivity index (χ2n) is 20.3. The predicted octanol–water partition coefficient (Wildman–Crippen LogP) is 12.3. The third kappa shape index (κ3) is 7.24. The molecule has 2 fully saturated rings. The molecule has 6 atom stereocenters. The Kier molecular flexibility index (Phi) is 11.0. The molecule has 0 N–H and O–H groups in total. The maximum atomic E-state index is 14.4. The maximum absolute atomic E-state index is 14.4. The van der Waals surface area contributed by atoms with Gasteiger partial charge in [-0.1, -0.05) is 134 Å². The number of ketones is 1. The topological polar surface area (TPSA) is 86.7 Å². The van der Waals surface area contributed by atoms with E-state index in [1.807, 2.05) is 37.3 Å². The molecule has 0 bridgehead atoms. The van der Waals surface area contributed by atoms with E-state index >= 15 is 0 Å². The molecule has 60 heavy (non-hydrogen) atoms. The highest BCUT2D eigenvalue weighted by Crippen LogP contribution is 2.60. The van der Waals surface area contributed by atoms with Crippen LogP contribution in [0.2, 0.25) is 0 Å². The highest BCUT2D eigenvalue weighted by Gasteiger charge is 2.57. The first-order chi connectivity index (χ1) is 28.4. The molecule has 7 heteroatoms. The largest absolute Gasteiger partial charge is 0.503 e. The second kappa shape index (κ2) is 15.6. The van der Waals surface area contributed by atoms with E-state index in [0.29, 0.717) is 18.3 Å². The third-order valence-corrected chi connectivity index (χ3v) is 16.7. The summed E-state index contributed by atoms with van der Waals surface area (Å²) in [7, 11) is -4.62. The van der Waals surface area contributed by atoms with Crippen LogP contribution in [0.4, 0.5) is 0 Å². The lowest BCUT2D eigenvalue weighted by molar-refractivity contribution is -0.154. The van der Waals surface area contributed by atoms with Crippen LogP contribution in [-0.4, -0.2) is 20.2 Å². The minimum Gasteiger partial charge on any atom is -0.353 e. The number of fused-ring (bicyclic) bond motifs is 6. The first-order valence-electron chi connectivity index (χ1n) is 22.6. The van der Waals surface area contributed by atoms with Crippen LogP contribution in [0.5, 0.6) is 5.75 Å². The number of carbonyl (C=O) groups is 2. The lowest BCUT2D eigenvalue weighted by Gasteiger charge is -2.55. The van der Waals surface area contributed by atoms with Gasteiger partial charge in [-0.05, 0) is 156 Å². The summed E-state index contributed by atoms with van der Waals surface area (Å²) in [5.41, 5.74) is 9.95. The lowest BCUT2D eigenvalue weighted by atomic mass is 9.48. The average molecular weight is 829 g/mol. The quantitative estimate of drug-likeness (QED) is 0.148. The molecule has 0 radical (unpaired) electrons. The molecule has 0 aliphatic heterocycles. The van der Waals surface area contributed by atoms with Crippen LogP contribution >= 0.6 is 0 Å². The fraction of sp³-hybridized carbons (Fsp3) is 0.509. The standard InChI is InChI=1S/C53H64O6S/c1-34(2)42-30-37-21-23-46-50(5,25-15-27-52(46,7)48(54)36-17-11-9-12-18-36)44(37)32-39(42)29-40-33-45-38(31-43(40)35(3)4)22-24-47-51(45,6)26-16-28-53(47,8)49(55)59-60(56,57)58-41-19-13-10-14-20-41/h9-14,17-20,30-35,46-47H,15-16,21-29H2,1-8H3. The van der Waals surface area contributed by atoms with E-state index in [1.54, 1.807) is 18.2 Å². The molecule has 6 unspecified atom stereocenters. The molecule has 4 aromatic rings. The summed E-state index contributed by atoms with van der Waals surface area (Å²) >= 11 is 0. The Labute approximate surface area is 359 Å². The second-order valence-corrected chi connectivity index (χ2v) is 21.5. The van der Waals surface area contributed by atoms with Crippen molar-refractivity contribution in [1.29, 1.82) is 0 Å². The van der Waals surface area contributed by atoms with E-state index < -0.39 is 27.2 Å². The van der Waals surface area contributed by atoms with Gasteiger partial charge in [0, 0.05) is 11.0 Å². The lowest BCUT2D eigenvalue weighted by Crippen LogP contribution is -2.53. The SMILES string of the molecule is CC(C)c1cc2c(cc1Cc1cc3c(cc1C(C)C)CCC1C(C)(C(=O)c4ccccc4)CCCC31C)C1(C)CCCC(C)(C(=O)OS(=O)(=O)Oc3ccccc3)C1CC2. The molecule has 8 rings (SSSR count). The summed E-state index contributed by atoms with van der Waals surface area (Å²) in [6.07, 6.45) is 9.71.